The predicted molar refractivity (Wildman–Crippen MR) is 109 cm³/mol. The van der Waals surface area contributed by atoms with Crippen LogP contribution in [0.5, 0.6) is 0 Å². The summed E-state index contributed by atoms with van der Waals surface area (Å²) in [4.78, 5) is 12.7. The van der Waals surface area contributed by atoms with Crippen LogP contribution in [0.4, 0.5) is 5.82 Å². The molecule has 2 aliphatic carbocycles. The summed E-state index contributed by atoms with van der Waals surface area (Å²) in [7, 11) is 0. The zero-order valence-electron chi connectivity index (χ0n) is 15.1. The molecule has 134 valence electrons. The Morgan fingerprint density at radius 2 is 1.81 bits per heavy atom. The average molecular weight is 364 g/mol. The van der Waals surface area contributed by atoms with Crippen molar-refractivity contribution in [2.24, 2.45) is 0 Å². The lowest BCUT2D eigenvalue weighted by molar-refractivity contribution is 0.462. The average Bonchev–Trinajstić information content (AvgIpc) is 3.24. The Hall–Kier alpha value is -1.94. The van der Waals surface area contributed by atoms with E-state index in [0.717, 1.165) is 18.1 Å². The molecule has 1 aromatic carbocycles. The highest BCUT2D eigenvalue weighted by atomic mass is 32.1. The van der Waals surface area contributed by atoms with Gasteiger partial charge in [0.05, 0.1) is 5.39 Å². The van der Waals surface area contributed by atoms with Crippen LogP contribution in [0.25, 0.3) is 10.2 Å². The van der Waals surface area contributed by atoms with Crippen molar-refractivity contribution >= 4 is 27.4 Å². The monoisotopic (exact) mass is 363 g/mol. The van der Waals surface area contributed by atoms with Gasteiger partial charge in [-0.1, -0.05) is 49.6 Å². The maximum absolute atomic E-state index is 5.02. The van der Waals surface area contributed by atoms with E-state index in [2.05, 4.69) is 35.6 Å². The second-order valence-electron chi connectivity index (χ2n) is 7.67. The number of aromatic nitrogens is 2. The van der Waals surface area contributed by atoms with Gasteiger partial charge in [0, 0.05) is 17.3 Å². The third-order valence-electron chi connectivity index (χ3n) is 5.76. The quantitative estimate of drug-likeness (QED) is 0.663. The fourth-order valence-corrected chi connectivity index (χ4v) is 5.72. The van der Waals surface area contributed by atoms with Crippen molar-refractivity contribution in [1.82, 2.24) is 9.97 Å². The molecule has 1 N–H and O–H groups in total. The van der Waals surface area contributed by atoms with Crippen LogP contribution < -0.4 is 5.32 Å². The molecule has 5 rings (SSSR count). The van der Waals surface area contributed by atoms with Crippen LogP contribution in [0.15, 0.2) is 30.3 Å². The predicted octanol–water partition coefficient (Wildman–Crippen LogP) is 5.52. The molecule has 2 heterocycles. The van der Waals surface area contributed by atoms with Crippen molar-refractivity contribution in [2.75, 3.05) is 5.32 Å². The minimum absolute atomic E-state index is 0.573. The van der Waals surface area contributed by atoms with Gasteiger partial charge in [0.25, 0.3) is 0 Å². The molecular weight excluding hydrogens is 338 g/mol. The Morgan fingerprint density at radius 1 is 0.962 bits per heavy atom. The van der Waals surface area contributed by atoms with Gasteiger partial charge in [-0.05, 0) is 43.2 Å². The number of rotatable bonds is 4. The molecule has 2 aliphatic rings. The number of fused-ring (bicyclic) bond motifs is 3. The summed E-state index contributed by atoms with van der Waals surface area (Å²) in [6.07, 6.45) is 11.1. The lowest BCUT2D eigenvalue weighted by atomic mass is 9.95. The van der Waals surface area contributed by atoms with E-state index < -0.39 is 0 Å². The third kappa shape index (κ3) is 3.11. The van der Waals surface area contributed by atoms with Crippen molar-refractivity contribution in [1.29, 1.82) is 0 Å². The molecule has 0 spiro atoms. The number of nitrogens with zero attached hydrogens (tertiary/aromatic N) is 2. The number of aryl methyl sites for hydroxylation is 2. The first-order valence-corrected chi connectivity index (χ1v) is 10.8. The van der Waals surface area contributed by atoms with Gasteiger partial charge < -0.3 is 5.32 Å². The van der Waals surface area contributed by atoms with Crippen molar-refractivity contribution in [3.8, 4) is 0 Å². The van der Waals surface area contributed by atoms with Gasteiger partial charge in [0.2, 0.25) is 0 Å². The molecule has 26 heavy (non-hydrogen) atoms. The second-order valence-corrected chi connectivity index (χ2v) is 8.75. The summed E-state index contributed by atoms with van der Waals surface area (Å²) < 4.78 is 0. The molecule has 0 amide bonds. The molecule has 0 bridgehead atoms. The number of thiophene rings is 1. The maximum Gasteiger partial charge on any atom is 0.139 e. The van der Waals surface area contributed by atoms with E-state index in [4.69, 9.17) is 9.97 Å². The summed E-state index contributed by atoms with van der Waals surface area (Å²) >= 11 is 1.90. The van der Waals surface area contributed by atoms with Gasteiger partial charge in [-0.15, -0.1) is 11.3 Å². The van der Waals surface area contributed by atoms with Crippen LogP contribution >= 0.6 is 11.3 Å². The highest BCUT2D eigenvalue weighted by molar-refractivity contribution is 7.19. The van der Waals surface area contributed by atoms with Gasteiger partial charge in [0.15, 0.2) is 0 Å². The zero-order valence-corrected chi connectivity index (χ0v) is 15.9. The Morgan fingerprint density at radius 3 is 2.65 bits per heavy atom. The van der Waals surface area contributed by atoms with Gasteiger partial charge in [-0.25, -0.2) is 9.97 Å². The number of hydrogen-bond donors (Lipinski definition) is 1. The van der Waals surface area contributed by atoms with E-state index in [1.54, 1.807) is 0 Å². The van der Waals surface area contributed by atoms with Crippen LogP contribution in [0.2, 0.25) is 0 Å². The topological polar surface area (TPSA) is 37.8 Å². The normalized spacial score (nSPS) is 17.5. The van der Waals surface area contributed by atoms with Crippen molar-refractivity contribution in [3.05, 3.63) is 52.2 Å². The van der Waals surface area contributed by atoms with E-state index in [1.807, 2.05) is 11.3 Å². The molecule has 3 aromatic rings. The first kappa shape index (κ1) is 16.2. The summed E-state index contributed by atoms with van der Waals surface area (Å²) in [5, 5.41) is 5.15. The van der Waals surface area contributed by atoms with E-state index in [-0.39, 0.29) is 0 Å². The largest absolute Gasteiger partial charge is 0.367 e. The van der Waals surface area contributed by atoms with Gasteiger partial charge in [0.1, 0.15) is 16.5 Å². The zero-order chi connectivity index (χ0) is 17.3. The van der Waals surface area contributed by atoms with Crippen molar-refractivity contribution in [3.63, 3.8) is 0 Å². The van der Waals surface area contributed by atoms with Gasteiger partial charge in [-0.2, -0.15) is 0 Å². The van der Waals surface area contributed by atoms with E-state index in [1.165, 1.54) is 77.6 Å². The Labute approximate surface area is 158 Å². The molecule has 3 nitrogen and oxygen atoms in total. The molecule has 0 radical (unpaired) electrons. The molecule has 0 atom stereocenters. The minimum Gasteiger partial charge on any atom is -0.367 e. The van der Waals surface area contributed by atoms with Crippen LogP contribution in [0.1, 0.15) is 60.4 Å². The first-order valence-electron chi connectivity index (χ1n) is 9.98. The summed E-state index contributed by atoms with van der Waals surface area (Å²) in [5.74, 6) is 2.05. The van der Waals surface area contributed by atoms with Crippen molar-refractivity contribution < 1.29 is 0 Å². The highest BCUT2D eigenvalue weighted by Crippen LogP contribution is 2.40. The SMILES string of the molecule is c1ccc(Cc2nc(NC3CCCCC3)c3c4c(sc3n2)CCC4)cc1. The maximum atomic E-state index is 5.02. The Kier molecular flexibility index (Phi) is 4.37. The molecule has 0 saturated heterocycles. The summed E-state index contributed by atoms with van der Waals surface area (Å²) in [6.45, 7) is 0. The summed E-state index contributed by atoms with van der Waals surface area (Å²) in [6, 6.07) is 11.1. The molecule has 2 aromatic heterocycles. The lowest BCUT2D eigenvalue weighted by Crippen LogP contribution is -2.23. The van der Waals surface area contributed by atoms with Crippen molar-refractivity contribution in [2.45, 2.75) is 63.8 Å². The Balaban J connectivity index is 1.55. The molecule has 1 fully saturated rings. The number of hydrogen-bond acceptors (Lipinski definition) is 4. The molecule has 0 unspecified atom stereocenters. The number of anilines is 1. The summed E-state index contributed by atoms with van der Waals surface area (Å²) in [5.41, 5.74) is 2.80. The molecule has 1 saturated carbocycles. The fourth-order valence-electron chi connectivity index (χ4n) is 4.44. The van der Waals surface area contributed by atoms with Crippen LogP contribution in [-0.4, -0.2) is 16.0 Å². The van der Waals surface area contributed by atoms with E-state index in [0.29, 0.717) is 6.04 Å². The molecule has 0 aliphatic heterocycles. The molecular formula is C22H25N3S. The smallest absolute Gasteiger partial charge is 0.139 e. The van der Waals surface area contributed by atoms with E-state index >= 15 is 0 Å². The lowest BCUT2D eigenvalue weighted by Gasteiger charge is -2.24. The third-order valence-corrected chi connectivity index (χ3v) is 6.95. The van der Waals surface area contributed by atoms with Crippen LogP contribution in [0.3, 0.4) is 0 Å². The number of nitrogens with one attached hydrogen (secondary N) is 1. The Bertz CT molecular complexity index is 910. The van der Waals surface area contributed by atoms with Crippen LogP contribution in [-0.2, 0) is 19.3 Å². The van der Waals surface area contributed by atoms with Crippen LogP contribution in [0, 0.1) is 0 Å². The highest BCUT2D eigenvalue weighted by Gasteiger charge is 2.24. The standard InChI is InChI=1S/C22H25N3S/c1-3-8-15(9-4-1)14-19-24-21(23-16-10-5-2-6-11-16)20-17-12-7-13-18(17)26-22(20)25-19/h1,3-4,8-9,16H,2,5-7,10-14H2,(H,23,24,25). The fraction of sp³-hybridized carbons (Fsp3) is 0.455. The number of benzene rings is 1. The van der Waals surface area contributed by atoms with E-state index in [9.17, 15) is 0 Å². The van der Waals surface area contributed by atoms with Gasteiger partial charge >= 0.3 is 0 Å². The van der Waals surface area contributed by atoms with Gasteiger partial charge in [-0.3, -0.25) is 0 Å². The minimum atomic E-state index is 0.573. The second kappa shape index (κ2) is 6.99. The molecule has 4 heteroatoms. The first-order chi connectivity index (χ1) is 12.9.